The molecule has 3 N–H and O–H groups in total. The second-order valence-corrected chi connectivity index (χ2v) is 8.76. The molecular weight excluding hydrogens is 446 g/mol. The maximum Gasteiger partial charge on any atom is 0.262 e. The van der Waals surface area contributed by atoms with E-state index in [2.05, 4.69) is 15.4 Å². The second kappa shape index (κ2) is 10.7. The molecule has 0 spiro atoms. The summed E-state index contributed by atoms with van der Waals surface area (Å²) in [5, 5.41) is 5.27. The molecule has 0 saturated heterocycles. The van der Waals surface area contributed by atoms with E-state index in [1.54, 1.807) is 43.3 Å². The van der Waals surface area contributed by atoms with E-state index in [1.807, 2.05) is 6.92 Å². The highest BCUT2D eigenvalue weighted by atomic mass is 32.2. The van der Waals surface area contributed by atoms with E-state index >= 15 is 0 Å². The van der Waals surface area contributed by atoms with Crippen molar-refractivity contribution in [3.63, 3.8) is 0 Å². The lowest BCUT2D eigenvalue weighted by molar-refractivity contribution is -0.116. The van der Waals surface area contributed by atoms with Gasteiger partial charge in [-0.1, -0.05) is 6.07 Å². The lowest BCUT2D eigenvalue weighted by Gasteiger charge is -2.13. The molecule has 0 saturated carbocycles. The van der Waals surface area contributed by atoms with Crippen LogP contribution >= 0.6 is 0 Å². The molecule has 2 amide bonds. The molecule has 9 nitrogen and oxygen atoms in total. The molecule has 1 heterocycles. The molecule has 3 aromatic rings. The molecule has 0 aliphatic rings. The van der Waals surface area contributed by atoms with Gasteiger partial charge in [0.15, 0.2) is 0 Å². The summed E-state index contributed by atoms with van der Waals surface area (Å²) in [6.45, 7) is 4.16. The summed E-state index contributed by atoms with van der Waals surface area (Å²) >= 11 is 0. The van der Waals surface area contributed by atoms with Gasteiger partial charge in [-0.05, 0) is 61.9 Å². The first kappa shape index (κ1) is 23.9. The van der Waals surface area contributed by atoms with Crippen LogP contribution in [0.4, 0.5) is 11.4 Å². The first-order chi connectivity index (χ1) is 15.8. The molecule has 0 aliphatic heterocycles. The van der Waals surface area contributed by atoms with Gasteiger partial charge in [0.25, 0.3) is 15.9 Å². The number of sulfonamides is 1. The number of carbonyl (C=O) groups is 2. The Morgan fingerprint density at radius 2 is 1.76 bits per heavy atom. The van der Waals surface area contributed by atoms with E-state index < -0.39 is 10.0 Å². The average molecular weight is 472 g/mol. The monoisotopic (exact) mass is 471 g/mol. The van der Waals surface area contributed by atoms with Crippen molar-refractivity contribution >= 4 is 33.2 Å². The van der Waals surface area contributed by atoms with Gasteiger partial charge in [-0.3, -0.25) is 14.3 Å². The third-order valence-corrected chi connectivity index (χ3v) is 6.12. The first-order valence-electron chi connectivity index (χ1n) is 10.2. The van der Waals surface area contributed by atoms with Crippen molar-refractivity contribution in [2.45, 2.75) is 25.2 Å². The summed E-state index contributed by atoms with van der Waals surface area (Å²) < 4.78 is 38.6. The van der Waals surface area contributed by atoms with Gasteiger partial charge >= 0.3 is 0 Å². The highest BCUT2D eigenvalue weighted by Gasteiger charge is 2.18. The van der Waals surface area contributed by atoms with Gasteiger partial charge in [0.2, 0.25) is 5.91 Å². The van der Waals surface area contributed by atoms with E-state index in [1.165, 1.54) is 24.7 Å². The van der Waals surface area contributed by atoms with E-state index in [0.29, 0.717) is 34.9 Å². The Morgan fingerprint density at radius 1 is 1.03 bits per heavy atom. The Kier molecular flexibility index (Phi) is 7.73. The van der Waals surface area contributed by atoms with Crippen LogP contribution in [0.1, 0.15) is 29.3 Å². The summed E-state index contributed by atoms with van der Waals surface area (Å²) in [6.07, 6.45) is 2.71. The molecule has 174 valence electrons. The topological polar surface area (TPSA) is 127 Å². The van der Waals surface area contributed by atoms with Crippen molar-refractivity contribution in [2.24, 2.45) is 0 Å². The number of furan rings is 1. The van der Waals surface area contributed by atoms with Crippen LogP contribution in [0.5, 0.6) is 5.75 Å². The molecule has 0 aliphatic carbocycles. The summed E-state index contributed by atoms with van der Waals surface area (Å²) in [5.74, 6) is -0.0721. The van der Waals surface area contributed by atoms with Crippen LogP contribution in [-0.4, -0.2) is 33.4 Å². The zero-order chi connectivity index (χ0) is 23.8. The molecule has 33 heavy (non-hydrogen) atoms. The minimum atomic E-state index is -3.89. The van der Waals surface area contributed by atoms with Crippen LogP contribution in [0, 0.1) is 6.92 Å². The van der Waals surface area contributed by atoms with Gasteiger partial charge in [0.1, 0.15) is 12.0 Å². The standard InChI is InChI=1S/C23H25N3O6S/c1-3-32-20-8-6-18(7-9-20)26-33(29,30)21-14-19(5-4-16(21)2)25-22(27)10-12-24-23(28)17-11-13-31-15-17/h4-9,11,13-15,26H,3,10,12H2,1-2H3,(H,24,28)(H,25,27). The molecule has 0 radical (unpaired) electrons. The Bertz CT molecular complexity index is 1210. The van der Waals surface area contributed by atoms with Crippen LogP contribution in [0.25, 0.3) is 0 Å². The third kappa shape index (κ3) is 6.59. The molecule has 10 heteroatoms. The van der Waals surface area contributed by atoms with Crippen LogP contribution in [0.3, 0.4) is 0 Å². The van der Waals surface area contributed by atoms with Crippen LogP contribution in [0.2, 0.25) is 0 Å². The summed E-state index contributed by atoms with van der Waals surface area (Å²) in [6, 6.07) is 12.7. The summed E-state index contributed by atoms with van der Waals surface area (Å²) in [4.78, 5) is 24.1. The van der Waals surface area contributed by atoms with Gasteiger partial charge in [0.05, 0.1) is 23.3 Å². The molecule has 0 bridgehead atoms. The van der Waals surface area contributed by atoms with Crippen molar-refractivity contribution in [2.75, 3.05) is 23.2 Å². The summed E-state index contributed by atoms with van der Waals surface area (Å²) in [7, 11) is -3.89. The molecule has 0 fully saturated rings. The summed E-state index contributed by atoms with van der Waals surface area (Å²) in [5.41, 5.74) is 1.61. The van der Waals surface area contributed by atoms with Crippen molar-refractivity contribution in [1.82, 2.24) is 5.32 Å². The van der Waals surface area contributed by atoms with E-state index in [4.69, 9.17) is 9.15 Å². The Balaban J connectivity index is 1.61. The minimum absolute atomic E-state index is 0.0178. The number of anilines is 2. The molecule has 0 atom stereocenters. The van der Waals surface area contributed by atoms with Gasteiger partial charge in [0, 0.05) is 24.3 Å². The second-order valence-electron chi connectivity index (χ2n) is 7.11. The maximum absolute atomic E-state index is 12.9. The van der Waals surface area contributed by atoms with Crippen molar-refractivity contribution in [3.8, 4) is 5.75 Å². The van der Waals surface area contributed by atoms with Crippen molar-refractivity contribution in [3.05, 3.63) is 72.2 Å². The average Bonchev–Trinajstić information content (AvgIpc) is 3.31. The predicted octanol–water partition coefficient (Wildman–Crippen LogP) is 3.55. The van der Waals surface area contributed by atoms with Crippen LogP contribution < -0.4 is 20.1 Å². The smallest absolute Gasteiger partial charge is 0.262 e. The highest BCUT2D eigenvalue weighted by molar-refractivity contribution is 7.92. The minimum Gasteiger partial charge on any atom is -0.494 e. The fourth-order valence-electron chi connectivity index (χ4n) is 2.97. The van der Waals surface area contributed by atoms with E-state index in [9.17, 15) is 18.0 Å². The molecule has 1 aromatic heterocycles. The van der Waals surface area contributed by atoms with Gasteiger partial charge in [-0.2, -0.15) is 0 Å². The Morgan fingerprint density at radius 3 is 2.42 bits per heavy atom. The maximum atomic E-state index is 12.9. The number of amides is 2. The molecular formula is C23H25N3O6S. The van der Waals surface area contributed by atoms with Gasteiger partial charge in [-0.15, -0.1) is 0 Å². The number of ether oxygens (including phenoxy) is 1. The Labute approximate surface area is 192 Å². The quantitative estimate of drug-likeness (QED) is 0.415. The van der Waals surface area contributed by atoms with Crippen LogP contribution in [0.15, 0.2) is 70.4 Å². The zero-order valence-electron chi connectivity index (χ0n) is 18.3. The third-order valence-electron chi connectivity index (χ3n) is 4.60. The number of nitrogens with one attached hydrogen (secondary N) is 3. The lowest BCUT2D eigenvalue weighted by atomic mass is 10.2. The number of hydrogen-bond acceptors (Lipinski definition) is 6. The van der Waals surface area contributed by atoms with E-state index in [0.717, 1.165) is 0 Å². The lowest BCUT2D eigenvalue weighted by Crippen LogP contribution is -2.27. The number of carbonyl (C=O) groups excluding carboxylic acids is 2. The Hall–Kier alpha value is -3.79. The molecule has 0 unspecified atom stereocenters. The van der Waals surface area contributed by atoms with Crippen molar-refractivity contribution < 1.29 is 27.2 Å². The van der Waals surface area contributed by atoms with E-state index in [-0.39, 0.29) is 29.7 Å². The number of benzene rings is 2. The number of aryl methyl sites for hydroxylation is 1. The molecule has 2 aromatic carbocycles. The van der Waals surface area contributed by atoms with Gasteiger partial charge < -0.3 is 19.8 Å². The first-order valence-corrected chi connectivity index (χ1v) is 11.7. The zero-order valence-corrected chi connectivity index (χ0v) is 19.1. The van der Waals surface area contributed by atoms with Gasteiger partial charge in [-0.25, -0.2) is 8.42 Å². The number of rotatable bonds is 10. The van der Waals surface area contributed by atoms with Crippen molar-refractivity contribution in [1.29, 1.82) is 0 Å². The largest absolute Gasteiger partial charge is 0.494 e. The molecule has 3 rings (SSSR count). The SMILES string of the molecule is CCOc1ccc(NS(=O)(=O)c2cc(NC(=O)CCNC(=O)c3ccoc3)ccc2C)cc1. The normalized spacial score (nSPS) is 11.0. The highest BCUT2D eigenvalue weighted by Crippen LogP contribution is 2.24. The number of hydrogen-bond donors (Lipinski definition) is 3. The predicted molar refractivity (Wildman–Crippen MR) is 124 cm³/mol. The van der Waals surface area contributed by atoms with Crippen LogP contribution in [-0.2, 0) is 14.8 Å². The fraction of sp³-hybridized carbons (Fsp3) is 0.217. The fourth-order valence-corrected chi connectivity index (χ4v) is 4.30.